The lowest BCUT2D eigenvalue weighted by Gasteiger charge is -2.31. The Morgan fingerprint density at radius 2 is 0.719 bits per heavy atom. The number of benzene rings is 10. The summed E-state index contributed by atoms with van der Waals surface area (Å²) in [4.78, 5) is 2.47. The van der Waals surface area contributed by atoms with Crippen LogP contribution in [0.15, 0.2) is 249 Å². The summed E-state index contributed by atoms with van der Waals surface area (Å²) in [6.45, 7) is 4.75. The topological polar surface area (TPSA) is 3.24 Å². The summed E-state index contributed by atoms with van der Waals surface area (Å²) in [5, 5.41) is 0. The highest BCUT2D eigenvalue weighted by atomic mass is 15.1. The number of rotatable bonds is 9. The highest BCUT2D eigenvalue weighted by Crippen LogP contribution is 2.53. The molecule has 0 radical (unpaired) electrons. The lowest BCUT2D eigenvalue weighted by atomic mass is 9.79. The van der Waals surface area contributed by atoms with Crippen LogP contribution in [0.3, 0.4) is 0 Å². The molecule has 1 heteroatoms. The van der Waals surface area contributed by atoms with Crippen molar-refractivity contribution < 1.29 is 0 Å². The number of hydrogen-bond acceptors (Lipinski definition) is 1. The van der Waals surface area contributed by atoms with Crippen molar-refractivity contribution in [2.24, 2.45) is 0 Å². The molecule has 11 rings (SSSR count). The maximum atomic E-state index is 2.47. The van der Waals surface area contributed by atoms with Crippen LogP contribution in [0.4, 0.5) is 17.1 Å². The molecule has 1 aliphatic rings. The van der Waals surface area contributed by atoms with Gasteiger partial charge in [-0.1, -0.05) is 232 Å². The van der Waals surface area contributed by atoms with Gasteiger partial charge in [0.25, 0.3) is 0 Å². The molecular weight excluding hydrogens is 771 g/mol. The minimum absolute atomic E-state index is 0.147. The van der Waals surface area contributed by atoms with Gasteiger partial charge in [0, 0.05) is 22.4 Å². The Kier molecular flexibility index (Phi) is 9.94. The zero-order chi connectivity index (χ0) is 43.0. The first-order valence-electron chi connectivity index (χ1n) is 22.3. The van der Waals surface area contributed by atoms with E-state index in [1.807, 2.05) is 0 Å². The van der Waals surface area contributed by atoms with Crippen LogP contribution >= 0.6 is 0 Å². The van der Waals surface area contributed by atoms with Crippen molar-refractivity contribution in [3.05, 3.63) is 260 Å². The molecule has 0 aromatic heterocycles. The van der Waals surface area contributed by atoms with Crippen LogP contribution in [0, 0.1) is 0 Å². The van der Waals surface area contributed by atoms with Gasteiger partial charge in [0.15, 0.2) is 0 Å². The van der Waals surface area contributed by atoms with Gasteiger partial charge in [-0.25, -0.2) is 0 Å². The van der Waals surface area contributed by atoms with Crippen molar-refractivity contribution in [3.63, 3.8) is 0 Å². The van der Waals surface area contributed by atoms with E-state index in [4.69, 9.17) is 0 Å². The lowest BCUT2D eigenvalue weighted by molar-refractivity contribution is 0.662. The summed E-state index contributed by atoms with van der Waals surface area (Å²) in [6, 6.07) is 90.8. The molecule has 0 saturated carbocycles. The summed E-state index contributed by atoms with van der Waals surface area (Å²) < 4.78 is 0. The van der Waals surface area contributed by atoms with Crippen LogP contribution in [0.2, 0.25) is 0 Å². The van der Waals surface area contributed by atoms with Crippen molar-refractivity contribution in [1.82, 2.24) is 0 Å². The van der Waals surface area contributed by atoms with E-state index in [0.717, 1.165) is 17.1 Å². The van der Waals surface area contributed by atoms with Gasteiger partial charge in [0.05, 0.1) is 5.69 Å². The van der Waals surface area contributed by atoms with E-state index in [1.54, 1.807) is 0 Å². The Balaban J connectivity index is 1.11. The van der Waals surface area contributed by atoms with Gasteiger partial charge >= 0.3 is 0 Å². The Morgan fingerprint density at radius 3 is 1.38 bits per heavy atom. The van der Waals surface area contributed by atoms with E-state index < -0.39 is 0 Å². The summed E-state index contributed by atoms with van der Waals surface area (Å²) in [5.74, 6) is 0. The largest absolute Gasteiger partial charge is 0.310 e. The van der Waals surface area contributed by atoms with Crippen molar-refractivity contribution in [2.45, 2.75) is 19.3 Å². The van der Waals surface area contributed by atoms with Crippen LogP contribution in [-0.2, 0) is 5.41 Å². The van der Waals surface area contributed by atoms with Gasteiger partial charge in [0.1, 0.15) is 0 Å². The molecule has 1 aliphatic carbocycles. The number of fused-ring (bicyclic) bond motifs is 3. The first-order chi connectivity index (χ1) is 31.5. The summed E-state index contributed by atoms with van der Waals surface area (Å²) in [7, 11) is 0. The molecule has 0 aliphatic heterocycles. The SMILES string of the molecule is CC1(C)c2ccccc2-c2cccc(-c3cccc(N(c4ccc(-c5ccc(-c6ccccc6)cc5)cc4)c4cccc(-c5ccccc5)c4-c4ccccc4-c4ccccc4)c3)c21. The fourth-order valence-electron chi connectivity index (χ4n) is 10.1. The lowest BCUT2D eigenvalue weighted by Crippen LogP contribution is -2.16. The molecule has 0 bridgehead atoms. The minimum atomic E-state index is -0.147. The first kappa shape index (κ1) is 38.9. The van der Waals surface area contributed by atoms with Gasteiger partial charge in [-0.3, -0.25) is 0 Å². The molecule has 64 heavy (non-hydrogen) atoms. The molecule has 0 saturated heterocycles. The maximum Gasteiger partial charge on any atom is 0.0546 e. The second kappa shape index (κ2) is 16.4. The van der Waals surface area contributed by atoms with Crippen LogP contribution < -0.4 is 4.90 Å². The molecule has 0 spiro atoms. The molecule has 10 aromatic rings. The molecule has 0 N–H and O–H groups in total. The van der Waals surface area contributed by atoms with Gasteiger partial charge in [-0.05, 0) is 114 Å². The standard InChI is InChI=1S/C63H47N/c1-63(2)59-33-15-14-28-56(59)58-32-17-31-55(62(58)63)50-25-16-26-52(43-50)64(51-41-39-47(40-42-51)46-37-35-45(36-38-46)44-19-6-3-7-20-44)60-34-18-30-54(49-23-10-5-11-24-49)61(60)57-29-13-12-27-53(57)48-21-8-4-9-22-48/h3-43H,1-2H3. The number of nitrogens with zero attached hydrogens (tertiary/aromatic N) is 1. The fraction of sp³-hybridized carbons (Fsp3) is 0.0476. The third kappa shape index (κ3) is 6.93. The van der Waals surface area contributed by atoms with E-state index >= 15 is 0 Å². The van der Waals surface area contributed by atoms with Crippen molar-refractivity contribution in [2.75, 3.05) is 4.90 Å². The molecule has 10 aromatic carbocycles. The third-order valence-electron chi connectivity index (χ3n) is 13.1. The Hall–Kier alpha value is -8.00. The molecular formula is C63H47N. The van der Waals surface area contributed by atoms with E-state index in [0.29, 0.717) is 0 Å². The van der Waals surface area contributed by atoms with Crippen LogP contribution in [0.25, 0.3) is 77.9 Å². The molecule has 0 atom stereocenters. The number of hydrogen-bond donors (Lipinski definition) is 0. The zero-order valence-corrected chi connectivity index (χ0v) is 36.1. The van der Waals surface area contributed by atoms with E-state index in [1.165, 1.54) is 89.0 Å². The Morgan fingerprint density at radius 1 is 0.281 bits per heavy atom. The van der Waals surface area contributed by atoms with Crippen LogP contribution in [-0.4, -0.2) is 0 Å². The number of anilines is 3. The molecule has 0 unspecified atom stereocenters. The normalized spacial score (nSPS) is 12.3. The average Bonchev–Trinajstić information content (AvgIpc) is 3.61. The van der Waals surface area contributed by atoms with E-state index in [-0.39, 0.29) is 5.41 Å². The zero-order valence-electron chi connectivity index (χ0n) is 36.1. The quantitative estimate of drug-likeness (QED) is 0.140. The second-order valence-corrected chi connectivity index (χ2v) is 17.3. The summed E-state index contributed by atoms with van der Waals surface area (Å²) >= 11 is 0. The summed E-state index contributed by atoms with van der Waals surface area (Å²) in [6.07, 6.45) is 0. The Bertz CT molecular complexity index is 3260. The van der Waals surface area contributed by atoms with Crippen molar-refractivity contribution >= 4 is 17.1 Å². The molecule has 1 nitrogen and oxygen atoms in total. The highest BCUT2D eigenvalue weighted by molar-refractivity contribution is 6.01. The monoisotopic (exact) mass is 817 g/mol. The molecule has 0 heterocycles. The fourth-order valence-corrected chi connectivity index (χ4v) is 10.1. The molecule has 0 fully saturated rings. The highest BCUT2D eigenvalue weighted by Gasteiger charge is 2.37. The Labute approximate surface area is 377 Å². The van der Waals surface area contributed by atoms with Gasteiger partial charge in [-0.2, -0.15) is 0 Å². The first-order valence-corrected chi connectivity index (χ1v) is 22.3. The van der Waals surface area contributed by atoms with Gasteiger partial charge < -0.3 is 4.90 Å². The smallest absolute Gasteiger partial charge is 0.0546 e. The van der Waals surface area contributed by atoms with Gasteiger partial charge in [0.2, 0.25) is 0 Å². The average molecular weight is 818 g/mol. The van der Waals surface area contributed by atoms with E-state index in [9.17, 15) is 0 Å². The third-order valence-corrected chi connectivity index (χ3v) is 13.1. The minimum Gasteiger partial charge on any atom is -0.310 e. The second-order valence-electron chi connectivity index (χ2n) is 17.3. The van der Waals surface area contributed by atoms with Crippen molar-refractivity contribution in [1.29, 1.82) is 0 Å². The predicted octanol–water partition coefficient (Wildman–Crippen LogP) is 17.5. The molecule has 0 amide bonds. The van der Waals surface area contributed by atoms with E-state index in [2.05, 4.69) is 267 Å². The predicted molar refractivity (Wildman–Crippen MR) is 271 cm³/mol. The van der Waals surface area contributed by atoms with Gasteiger partial charge in [-0.15, -0.1) is 0 Å². The van der Waals surface area contributed by atoms with Crippen LogP contribution in [0.1, 0.15) is 25.0 Å². The molecule has 304 valence electrons. The van der Waals surface area contributed by atoms with Crippen molar-refractivity contribution in [3.8, 4) is 77.9 Å². The summed E-state index contributed by atoms with van der Waals surface area (Å²) in [5.41, 5.74) is 22.9. The maximum absolute atomic E-state index is 2.47. The van der Waals surface area contributed by atoms with Crippen LogP contribution in [0.5, 0.6) is 0 Å².